The van der Waals surface area contributed by atoms with Crippen LogP contribution in [-0.4, -0.2) is 48.7 Å². The molecule has 38 heavy (non-hydrogen) atoms. The number of piperidine rings is 1. The van der Waals surface area contributed by atoms with Gasteiger partial charge in [0.1, 0.15) is 11.8 Å². The predicted molar refractivity (Wildman–Crippen MR) is 135 cm³/mol. The van der Waals surface area contributed by atoms with Crippen LogP contribution in [0.4, 0.5) is 13.2 Å². The lowest BCUT2D eigenvalue weighted by molar-refractivity contribution is -0.307. The van der Waals surface area contributed by atoms with E-state index < -0.39 is 23.8 Å². The number of ether oxygens (including phenoxy) is 2. The number of amides is 2. The first kappa shape index (κ1) is 29.8. The quantitative estimate of drug-likeness (QED) is 0.390. The number of carbonyl (C=O) groups excluding carboxylic acids is 3. The van der Waals surface area contributed by atoms with Crippen LogP contribution in [-0.2, 0) is 23.9 Å². The molecule has 3 atom stereocenters. The number of methoxy groups -OCH3 is 1. The Bertz CT molecular complexity index is 1070. The summed E-state index contributed by atoms with van der Waals surface area (Å²) in [5.41, 5.74) is -0.181. The third-order valence-electron chi connectivity index (χ3n) is 7.16. The van der Waals surface area contributed by atoms with Crippen molar-refractivity contribution in [3.05, 3.63) is 46.4 Å². The Kier molecular flexibility index (Phi) is 9.73. The fourth-order valence-corrected chi connectivity index (χ4v) is 5.30. The number of carbonyl (C=O) groups is 3. The topological polar surface area (TPSA) is 84.9 Å². The predicted octanol–water partition coefficient (Wildman–Crippen LogP) is 5.63. The molecule has 0 aromatic carbocycles. The standard InChI is InChI=1S/C27H34ClF3N2O5/c1-17-10-11-19(21(15-17)38-27(29,30)31)26(2)13-12-18(16-22(26)28)32-25(36)20-7-4-5-14-33(20)23(34)8-6-9-24(35)37-3/h10-12,16-17,20H,4-9,13-15H2,1-3H3,(H,32,36). The summed E-state index contributed by atoms with van der Waals surface area (Å²) in [6.07, 6.45) is 4.93. The van der Waals surface area contributed by atoms with Crippen molar-refractivity contribution in [3.8, 4) is 0 Å². The van der Waals surface area contributed by atoms with Gasteiger partial charge in [-0.3, -0.25) is 14.4 Å². The van der Waals surface area contributed by atoms with Crippen molar-refractivity contribution in [2.75, 3.05) is 13.7 Å². The number of hydrogen-bond donors (Lipinski definition) is 1. The van der Waals surface area contributed by atoms with Gasteiger partial charge in [0.15, 0.2) is 0 Å². The molecule has 0 spiro atoms. The van der Waals surface area contributed by atoms with E-state index in [4.69, 9.17) is 11.6 Å². The highest BCUT2D eigenvalue weighted by Gasteiger charge is 2.41. The van der Waals surface area contributed by atoms with Crippen molar-refractivity contribution in [1.82, 2.24) is 10.2 Å². The van der Waals surface area contributed by atoms with E-state index in [0.29, 0.717) is 30.7 Å². The summed E-state index contributed by atoms with van der Waals surface area (Å²) in [4.78, 5) is 38.8. The van der Waals surface area contributed by atoms with Crippen LogP contribution in [0.5, 0.6) is 0 Å². The van der Waals surface area contributed by atoms with E-state index in [-0.39, 0.29) is 54.2 Å². The van der Waals surface area contributed by atoms with Crippen LogP contribution in [0.15, 0.2) is 46.4 Å². The van der Waals surface area contributed by atoms with Gasteiger partial charge in [-0.1, -0.05) is 43.7 Å². The van der Waals surface area contributed by atoms with Crippen molar-refractivity contribution in [3.63, 3.8) is 0 Å². The molecule has 3 unspecified atom stereocenters. The van der Waals surface area contributed by atoms with Crippen LogP contribution in [0.1, 0.15) is 65.2 Å². The third kappa shape index (κ3) is 7.42. The highest BCUT2D eigenvalue weighted by molar-refractivity contribution is 6.31. The number of alkyl halides is 3. The van der Waals surface area contributed by atoms with Crippen molar-refractivity contribution in [1.29, 1.82) is 0 Å². The largest absolute Gasteiger partial charge is 0.572 e. The zero-order valence-electron chi connectivity index (χ0n) is 21.8. The lowest BCUT2D eigenvalue weighted by Crippen LogP contribution is -2.51. The molecule has 0 radical (unpaired) electrons. The first-order chi connectivity index (χ1) is 17.8. The van der Waals surface area contributed by atoms with Gasteiger partial charge in [0.05, 0.1) is 7.11 Å². The lowest BCUT2D eigenvalue weighted by atomic mass is 9.73. The van der Waals surface area contributed by atoms with Crippen LogP contribution in [0, 0.1) is 11.3 Å². The smallest absolute Gasteiger partial charge is 0.469 e. The molecule has 1 heterocycles. The Labute approximate surface area is 225 Å². The number of allylic oxidation sites excluding steroid dienone is 7. The van der Waals surface area contributed by atoms with Gasteiger partial charge in [0.2, 0.25) is 11.8 Å². The highest BCUT2D eigenvalue weighted by atomic mass is 35.5. The molecule has 2 amide bonds. The zero-order chi connectivity index (χ0) is 28.1. The Morgan fingerprint density at radius 2 is 1.97 bits per heavy atom. The van der Waals surface area contributed by atoms with Gasteiger partial charge in [0, 0.05) is 47.5 Å². The minimum atomic E-state index is -4.82. The molecule has 1 N–H and O–H groups in total. The molecule has 0 aromatic rings. The summed E-state index contributed by atoms with van der Waals surface area (Å²) in [6, 6.07) is -0.659. The average Bonchev–Trinajstić information content (AvgIpc) is 2.85. The van der Waals surface area contributed by atoms with Gasteiger partial charge in [0.25, 0.3) is 0 Å². The molecule has 2 aliphatic carbocycles. The fraction of sp³-hybridized carbons (Fsp3) is 0.593. The number of nitrogens with zero attached hydrogens (tertiary/aromatic N) is 1. The number of esters is 1. The lowest BCUT2D eigenvalue weighted by Gasteiger charge is -2.37. The van der Waals surface area contributed by atoms with E-state index in [1.807, 2.05) is 6.08 Å². The maximum absolute atomic E-state index is 13.2. The molecule has 0 bridgehead atoms. The van der Waals surface area contributed by atoms with Crippen molar-refractivity contribution >= 4 is 29.4 Å². The first-order valence-electron chi connectivity index (χ1n) is 12.8. The van der Waals surface area contributed by atoms with E-state index in [1.54, 1.807) is 37.0 Å². The van der Waals surface area contributed by atoms with Gasteiger partial charge in [-0.15, -0.1) is 13.2 Å². The van der Waals surface area contributed by atoms with Crippen LogP contribution in [0.25, 0.3) is 0 Å². The second kappa shape index (κ2) is 12.4. The van der Waals surface area contributed by atoms with E-state index in [0.717, 1.165) is 12.8 Å². The normalized spacial score (nSPS) is 25.9. The number of halogens is 4. The van der Waals surface area contributed by atoms with Gasteiger partial charge in [-0.25, -0.2) is 0 Å². The molecule has 0 saturated carbocycles. The zero-order valence-corrected chi connectivity index (χ0v) is 22.6. The summed E-state index contributed by atoms with van der Waals surface area (Å²) >= 11 is 6.63. The Morgan fingerprint density at radius 3 is 2.63 bits per heavy atom. The van der Waals surface area contributed by atoms with Gasteiger partial charge < -0.3 is 19.7 Å². The molecular weight excluding hydrogens is 525 g/mol. The molecule has 7 nitrogen and oxygen atoms in total. The molecule has 11 heteroatoms. The SMILES string of the molecule is COC(=O)CCCC(=O)N1CCCCC1C(=O)NC1=CCC(C)(C2=C(OC(F)(F)F)CC(C)C=C2)C(Cl)=C1. The third-order valence-corrected chi connectivity index (χ3v) is 7.69. The second-order valence-electron chi connectivity index (χ2n) is 10.1. The summed E-state index contributed by atoms with van der Waals surface area (Å²) in [7, 11) is 1.29. The van der Waals surface area contributed by atoms with E-state index in [9.17, 15) is 27.6 Å². The molecule has 3 aliphatic rings. The van der Waals surface area contributed by atoms with Crippen molar-refractivity contribution < 1.29 is 37.0 Å². The Balaban J connectivity index is 1.70. The maximum Gasteiger partial charge on any atom is 0.572 e. The number of rotatable bonds is 8. The minimum absolute atomic E-state index is 0.101. The van der Waals surface area contributed by atoms with Crippen LogP contribution < -0.4 is 5.32 Å². The first-order valence-corrected chi connectivity index (χ1v) is 13.1. The molecule has 0 aromatic heterocycles. The monoisotopic (exact) mass is 558 g/mol. The van der Waals surface area contributed by atoms with Gasteiger partial charge >= 0.3 is 12.3 Å². The molecular formula is C27H34ClF3N2O5. The van der Waals surface area contributed by atoms with Crippen LogP contribution in [0.3, 0.4) is 0 Å². The molecule has 210 valence electrons. The highest BCUT2D eigenvalue weighted by Crippen LogP contribution is 2.49. The van der Waals surface area contributed by atoms with Crippen molar-refractivity contribution in [2.45, 2.75) is 77.6 Å². The molecule has 1 fully saturated rings. The summed E-state index contributed by atoms with van der Waals surface area (Å²) in [5.74, 6) is -1.22. The number of likely N-dealkylation sites (tertiary alicyclic amines) is 1. The Morgan fingerprint density at radius 1 is 1.24 bits per heavy atom. The second-order valence-corrected chi connectivity index (χ2v) is 10.5. The van der Waals surface area contributed by atoms with Crippen LogP contribution in [0.2, 0.25) is 0 Å². The van der Waals surface area contributed by atoms with Gasteiger partial charge in [-0.05, 0) is 44.1 Å². The summed E-state index contributed by atoms with van der Waals surface area (Å²) < 4.78 is 48.2. The van der Waals surface area contributed by atoms with E-state index in [1.165, 1.54) is 7.11 Å². The Hall–Kier alpha value is -2.75. The maximum atomic E-state index is 13.2. The number of nitrogens with one attached hydrogen (secondary N) is 1. The van der Waals surface area contributed by atoms with E-state index >= 15 is 0 Å². The number of hydrogen-bond acceptors (Lipinski definition) is 5. The van der Waals surface area contributed by atoms with Gasteiger partial charge in [-0.2, -0.15) is 0 Å². The summed E-state index contributed by atoms with van der Waals surface area (Å²) in [5, 5.41) is 3.10. The summed E-state index contributed by atoms with van der Waals surface area (Å²) in [6.45, 7) is 4.00. The van der Waals surface area contributed by atoms with Crippen LogP contribution >= 0.6 is 11.6 Å². The molecule has 1 aliphatic heterocycles. The van der Waals surface area contributed by atoms with Crippen molar-refractivity contribution in [2.24, 2.45) is 11.3 Å². The minimum Gasteiger partial charge on any atom is -0.469 e. The average molecular weight is 559 g/mol. The molecule has 1 saturated heterocycles. The van der Waals surface area contributed by atoms with E-state index in [2.05, 4.69) is 14.8 Å². The molecule has 3 rings (SSSR count). The fourth-order valence-electron chi connectivity index (χ4n) is 5.00.